The molecule has 1 fully saturated rings. The van der Waals surface area contributed by atoms with Gasteiger partial charge >= 0.3 is 0 Å². The molecule has 1 atom stereocenters. The van der Waals surface area contributed by atoms with Gasteiger partial charge in [0.2, 0.25) is 0 Å². The van der Waals surface area contributed by atoms with Crippen LogP contribution in [0.15, 0.2) is 30.3 Å². The molecule has 2 rings (SSSR count). The summed E-state index contributed by atoms with van der Waals surface area (Å²) in [5.41, 5.74) is 0.906. The van der Waals surface area contributed by atoms with Crippen LogP contribution in [0, 0.1) is 0 Å². The van der Waals surface area contributed by atoms with Crippen molar-refractivity contribution in [2.24, 2.45) is 0 Å². The Hall–Kier alpha value is -0.910. The molecule has 0 heterocycles. The van der Waals surface area contributed by atoms with E-state index in [-0.39, 0.29) is 6.04 Å². The lowest BCUT2D eigenvalue weighted by Crippen LogP contribution is -2.47. The molecule has 1 saturated carbocycles. The molecular weight excluding hydrogens is 236 g/mol. The molecule has 4 nitrogen and oxygen atoms in total. The average Bonchev–Trinajstić information content (AvgIpc) is 2.38. The van der Waals surface area contributed by atoms with E-state index >= 15 is 0 Å². The average molecular weight is 253 g/mol. The highest BCUT2D eigenvalue weighted by Crippen LogP contribution is 2.25. The zero-order chi connectivity index (χ0) is 12.1. The van der Waals surface area contributed by atoms with Gasteiger partial charge in [0.15, 0.2) is 0 Å². The van der Waals surface area contributed by atoms with Crippen molar-refractivity contribution < 1.29 is 8.76 Å². The monoisotopic (exact) mass is 253 g/mol. The molecule has 1 aromatic rings. The highest BCUT2D eigenvalue weighted by atomic mass is 32.2. The first-order chi connectivity index (χ1) is 8.27. The van der Waals surface area contributed by atoms with Crippen LogP contribution < -0.4 is 9.84 Å². The number of para-hydroxylation sites is 1. The number of rotatable bonds is 4. The van der Waals surface area contributed by atoms with E-state index < -0.39 is 11.3 Å². The molecule has 0 aliphatic heterocycles. The number of hydrazine groups is 1. The van der Waals surface area contributed by atoms with Crippen LogP contribution in [-0.4, -0.2) is 14.8 Å². The third-order valence-electron chi connectivity index (χ3n) is 3.15. The molecule has 17 heavy (non-hydrogen) atoms. The molecule has 1 aromatic carbocycles. The lowest BCUT2D eigenvalue weighted by atomic mass is 9.95. The largest absolute Gasteiger partial charge is 0.759 e. The van der Waals surface area contributed by atoms with Crippen molar-refractivity contribution in [1.29, 1.82) is 0 Å². The second kappa shape index (κ2) is 6.14. The Kier molecular flexibility index (Phi) is 4.53. The van der Waals surface area contributed by atoms with Gasteiger partial charge in [-0.15, -0.1) is 0 Å². The number of benzene rings is 1. The van der Waals surface area contributed by atoms with Gasteiger partial charge in [0.05, 0.1) is 5.69 Å². The van der Waals surface area contributed by atoms with Crippen LogP contribution in [0.3, 0.4) is 0 Å². The fourth-order valence-corrected chi connectivity index (χ4v) is 2.76. The third kappa shape index (κ3) is 3.52. The second-order valence-corrected chi connectivity index (χ2v) is 4.98. The Morgan fingerprint density at radius 1 is 1.18 bits per heavy atom. The lowest BCUT2D eigenvalue weighted by Gasteiger charge is -2.36. The van der Waals surface area contributed by atoms with Crippen LogP contribution in [0.1, 0.15) is 32.1 Å². The first kappa shape index (κ1) is 12.5. The summed E-state index contributed by atoms with van der Waals surface area (Å²) in [5, 5.41) is 1.78. The van der Waals surface area contributed by atoms with Gasteiger partial charge in [0.25, 0.3) is 0 Å². The van der Waals surface area contributed by atoms with Crippen LogP contribution in [0.25, 0.3) is 0 Å². The number of hydrogen-bond acceptors (Lipinski definition) is 3. The molecule has 94 valence electrons. The second-order valence-electron chi connectivity index (χ2n) is 4.32. The van der Waals surface area contributed by atoms with Crippen LogP contribution >= 0.6 is 0 Å². The minimum absolute atomic E-state index is 0.268. The summed E-state index contributed by atoms with van der Waals surface area (Å²) in [7, 11) is 0. The number of nitrogens with zero attached hydrogens (tertiary/aromatic N) is 1. The molecule has 0 spiro atoms. The van der Waals surface area contributed by atoms with Crippen LogP contribution in [0.2, 0.25) is 0 Å². The van der Waals surface area contributed by atoms with Gasteiger partial charge in [-0.2, -0.15) is 4.83 Å². The van der Waals surface area contributed by atoms with E-state index in [0.717, 1.165) is 18.5 Å². The zero-order valence-corrected chi connectivity index (χ0v) is 10.5. The minimum atomic E-state index is -2.27. The highest BCUT2D eigenvalue weighted by Gasteiger charge is 2.21. The molecule has 5 heteroatoms. The molecule has 0 bridgehead atoms. The molecule has 1 unspecified atom stereocenters. The van der Waals surface area contributed by atoms with Gasteiger partial charge in [0.1, 0.15) is 0 Å². The molecule has 1 N–H and O–H groups in total. The first-order valence-corrected chi connectivity index (χ1v) is 7.04. The summed E-state index contributed by atoms with van der Waals surface area (Å²) in [6.07, 6.45) is 5.67. The fraction of sp³-hybridized carbons (Fsp3) is 0.500. The van der Waals surface area contributed by atoms with E-state index in [4.69, 9.17) is 0 Å². The van der Waals surface area contributed by atoms with Gasteiger partial charge in [-0.3, -0.25) is 9.22 Å². The molecule has 0 saturated heterocycles. The predicted molar refractivity (Wildman–Crippen MR) is 67.8 cm³/mol. The van der Waals surface area contributed by atoms with Crippen molar-refractivity contribution in [2.45, 2.75) is 38.1 Å². The topological polar surface area (TPSA) is 55.4 Å². The van der Waals surface area contributed by atoms with E-state index in [9.17, 15) is 8.76 Å². The summed E-state index contributed by atoms with van der Waals surface area (Å²) in [6.45, 7) is 0. The number of nitrogens with one attached hydrogen (secondary N) is 1. The lowest BCUT2D eigenvalue weighted by molar-refractivity contribution is 0.401. The maximum Gasteiger partial charge on any atom is 0.0532 e. The summed E-state index contributed by atoms with van der Waals surface area (Å²) < 4.78 is 21.7. The Bertz CT molecular complexity index is 366. The van der Waals surface area contributed by atoms with Gasteiger partial charge < -0.3 is 4.55 Å². The standard InChI is InChI=1S/C12H18N2O2S/c15-17(16)13-14(11-7-3-1-4-8-11)12-9-5-2-6-10-12/h1,3-4,7-8,12-13H,2,5-6,9-10H2,(H,15,16)/p-1. The predicted octanol–water partition coefficient (Wildman–Crippen LogP) is 2.12. The summed E-state index contributed by atoms with van der Waals surface area (Å²) in [5.74, 6) is 0. The maximum absolute atomic E-state index is 10.9. The van der Waals surface area contributed by atoms with Gasteiger partial charge in [-0.05, 0) is 25.0 Å². The minimum Gasteiger partial charge on any atom is -0.759 e. The Labute approximate surface area is 104 Å². The van der Waals surface area contributed by atoms with E-state index in [0.29, 0.717) is 0 Å². The van der Waals surface area contributed by atoms with E-state index in [2.05, 4.69) is 4.83 Å². The van der Waals surface area contributed by atoms with Gasteiger partial charge in [-0.25, -0.2) is 0 Å². The van der Waals surface area contributed by atoms with Crippen molar-refractivity contribution in [3.05, 3.63) is 30.3 Å². The van der Waals surface area contributed by atoms with Crippen molar-refractivity contribution in [1.82, 2.24) is 4.83 Å². The van der Waals surface area contributed by atoms with Crippen molar-refractivity contribution in [2.75, 3.05) is 5.01 Å². The third-order valence-corrected chi connectivity index (χ3v) is 3.49. The summed E-state index contributed by atoms with van der Waals surface area (Å²) in [4.78, 5) is 2.52. The molecule has 0 aromatic heterocycles. The van der Waals surface area contributed by atoms with Crippen molar-refractivity contribution >= 4 is 17.0 Å². The summed E-state index contributed by atoms with van der Waals surface area (Å²) >= 11 is -2.27. The molecular formula is C12H17N2O2S-. The molecule has 0 radical (unpaired) electrons. The van der Waals surface area contributed by atoms with Crippen molar-refractivity contribution in [3.63, 3.8) is 0 Å². The van der Waals surface area contributed by atoms with Crippen LogP contribution in [0.4, 0.5) is 5.69 Å². The van der Waals surface area contributed by atoms with E-state index in [1.54, 1.807) is 5.01 Å². The first-order valence-electron chi connectivity index (χ1n) is 5.97. The smallest absolute Gasteiger partial charge is 0.0532 e. The molecule has 1 aliphatic rings. The Morgan fingerprint density at radius 2 is 1.82 bits per heavy atom. The van der Waals surface area contributed by atoms with Gasteiger partial charge in [-0.1, -0.05) is 37.5 Å². The van der Waals surface area contributed by atoms with Crippen LogP contribution in [-0.2, 0) is 11.3 Å². The SMILES string of the molecule is O=S([O-])NN(c1ccccc1)C1CCCCC1. The normalized spacial score (nSPS) is 18.9. The maximum atomic E-state index is 10.9. The Morgan fingerprint density at radius 3 is 2.41 bits per heavy atom. The van der Waals surface area contributed by atoms with E-state index in [1.165, 1.54) is 19.3 Å². The fourth-order valence-electron chi connectivity index (χ4n) is 2.35. The zero-order valence-electron chi connectivity index (χ0n) is 9.67. The number of hydrogen-bond donors (Lipinski definition) is 1. The van der Waals surface area contributed by atoms with E-state index in [1.807, 2.05) is 30.3 Å². The van der Waals surface area contributed by atoms with Crippen molar-refractivity contribution in [3.8, 4) is 0 Å². The Balaban J connectivity index is 2.15. The number of anilines is 1. The summed E-state index contributed by atoms with van der Waals surface area (Å²) in [6, 6.07) is 9.88. The van der Waals surface area contributed by atoms with Crippen LogP contribution in [0.5, 0.6) is 0 Å². The molecule has 0 amide bonds. The molecule has 1 aliphatic carbocycles. The van der Waals surface area contributed by atoms with Gasteiger partial charge in [0, 0.05) is 17.3 Å². The highest BCUT2D eigenvalue weighted by molar-refractivity contribution is 7.77. The quantitative estimate of drug-likeness (QED) is 0.660.